The van der Waals surface area contributed by atoms with Crippen LogP contribution in [0.4, 0.5) is 0 Å². The Morgan fingerprint density at radius 1 is 1.62 bits per heavy atom. The van der Waals surface area contributed by atoms with Crippen LogP contribution in [0.25, 0.3) is 11.0 Å². The predicted molar refractivity (Wildman–Crippen MR) is 83.1 cm³/mol. The monoisotopic (exact) mass is 352 g/mol. The molecule has 1 aromatic heterocycles. The number of nitrogens with two attached hydrogens (primary N) is 1. The minimum atomic E-state index is -0.121. The molecular weight excluding hydrogens is 336 g/mol. The van der Waals surface area contributed by atoms with E-state index in [2.05, 4.69) is 25.9 Å². The van der Waals surface area contributed by atoms with Gasteiger partial charge in [-0.2, -0.15) is 0 Å². The zero-order valence-electron chi connectivity index (χ0n) is 11.7. The predicted octanol–water partition coefficient (Wildman–Crippen LogP) is 1.51. The summed E-state index contributed by atoms with van der Waals surface area (Å²) in [6, 6.07) is 3.61. The van der Waals surface area contributed by atoms with Crippen LogP contribution in [0.1, 0.15) is 17.3 Å². The Bertz CT molecular complexity index is 670. The molecular formula is C14H17BrN4O2. The fraction of sp³-hybridized carbons (Fsp3) is 0.429. The van der Waals surface area contributed by atoms with E-state index >= 15 is 0 Å². The fourth-order valence-corrected chi connectivity index (χ4v) is 2.98. The summed E-state index contributed by atoms with van der Waals surface area (Å²) in [6.45, 7) is 3.48. The number of carbonyl (C=O) groups excluding carboxylic acids is 1. The lowest BCUT2D eigenvalue weighted by Crippen LogP contribution is -2.51. The first kappa shape index (κ1) is 14.5. The topological polar surface area (TPSA) is 84.2 Å². The number of hydrogen-bond donors (Lipinski definition) is 2. The molecule has 6 nitrogen and oxygen atoms in total. The van der Waals surface area contributed by atoms with Gasteiger partial charge < -0.3 is 20.4 Å². The number of H-pyrrole nitrogens is 1. The van der Waals surface area contributed by atoms with Crippen LogP contribution in [0.5, 0.6) is 0 Å². The van der Waals surface area contributed by atoms with Gasteiger partial charge in [-0.05, 0) is 19.1 Å². The average Bonchev–Trinajstić information content (AvgIpc) is 2.93. The second kappa shape index (κ2) is 5.75. The number of halogens is 1. The number of aromatic nitrogens is 2. The van der Waals surface area contributed by atoms with Gasteiger partial charge in [-0.1, -0.05) is 15.9 Å². The zero-order valence-corrected chi connectivity index (χ0v) is 13.3. The maximum absolute atomic E-state index is 12.8. The lowest BCUT2D eigenvalue weighted by atomic mass is 10.1. The molecule has 7 heteroatoms. The normalized spacial score (nSPS) is 20.7. The second-order valence-electron chi connectivity index (χ2n) is 5.27. The Morgan fingerprint density at radius 3 is 3.19 bits per heavy atom. The van der Waals surface area contributed by atoms with E-state index in [1.54, 1.807) is 11.2 Å². The minimum absolute atomic E-state index is 0.0395. The highest BCUT2D eigenvalue weighted by Crippen LogP contribution is 2.23. The average molecular weight is 353 g/mol. The summed E-state index contributed by atoms with van der Waals surface area (Å²) in [5.41, 5.74) is 7.99. The minimum Gasteiger partial charge on any atom is -0.373 e. The Labute approximate surface area is 130 Å². The van der Waals surface area contributed by atoms with Crippen LogP contribution in [0.15, 0.2) is 22.9 Å². The van der Waals surface area contributed by atoms with Crippen LogP contribution in [0, 0.1) is 0 Å². The van der Waals surface area contributed by atoms with Crippen LogP contribution in [-0.4, -0.2) is 52.6 Å². The number of imidazole rings is 1. The Kier molecular flexibility index (Phi) is 3.97. The molecule has 2 heterocycles. The summed E-state index contributed by atoms with van der Waals surface area (Å²) in [6.07, 6.45) is 1.47. The number of benzene rings is 1. The third-order valence-electron chi connectivity index (χ3n) is 3.69. The third kappa shape index (κ3) is 2.81. The van der Waals surface area contributed by atoms with Crippen LogP contribution in [-0.2, 0) is 4.74 Å². The maximum atomic E-state index is 12.8. The molecule has 0 bridgehead atoms. The van der Waals surface area contributed by atoms with Gasteiger partial charge in [0, 0.05) is 23.6 Å². The van der Waals surface area contributed by atoms with Gasteiger partial charge in [0.2, 0.25) is 0 Å². The maximum Gasteiger partial charge on any atom is 0.256 e. The Morgan fingerprint density at radius 2 is 2.43 bits per heavy atom. The van der Waals surface area contributed by atoms with Gasteiger partial charge in [-0.3, -0.25) is 4.79 Å². The van der Waals surface area contributed by atoms with E-state index in [0.717, 1.165) is 9.99 Å². The molecule has 2 unspecified atom stereocenters. The van der Waals surface area contributed by atoms with Crippen molar-refractivity contribution in [1.82, 2.24) is 14.9 Å². The van der Waals surface area contributed by atoms with Gasteiger partial charge in [-0.25, -0.2) is 4.98 Å². The van der Waals surface area contributed by atoms with Crippen molar-refractivity contribution in [3.63, 3.8) is 0 Å². The highest BCUT2D eigenvalue weighted by Gasteiger charge is 2.28. The van der Waals surface area contributed by atoms with Gasteiger partial charge in [0.15, 0.2) is 0 Å². The van der Waals surface area contributed by atoms with Crippen molar-refractivity contribution < 1.29 is 9.53 Å². The van der Waals surface area contributed by atoms with E-state index in [1.165, 1.54) is 0 Å². The van der Waals surface area contributed by atoms with E-state index in [-0.39, 0.29) is 18.1 Å². The number of hydrogen-bond acceptors (Lipinski definition) is 4. The summed E-state index contributed by atoms with van der Waals surface area (Å²) in [4.78, 5) is 21.9. The SMILES string of the molecule is CC(N)C1CN(C(=O)c2cc(Br)cc3[nH]cnc23)CCO1. The molecule has 3 N–H and O–H groups in total. The number of nitrogens with one attached hydrogen (secondary N) is 1. The van der Waals surface area contributed by atoms with Crippen molar-refractivity contribution in [3.05, 3.63) is 28.5 Å². The number of aromatic amines is 1. The Balaban J connectivity index is 1.91. The van der Waals surface area contributed by atoms with Gasteiger partial charge in [0.25, 0.3) is 5.91 Å². The molecule has 2 atom stereocenters. The molecule has 21 heavy (non-hydrogen) atoms. The highest BCUT2D eigenvalue weighted by atomic mass is 79.9. The molecule has 1 saturated heterocycles. The van der Waals surface area contributed by atoms with Gasteiger partial charge in [0.05, 0.1) is 30.1 Å². The van der Waals surface area contributed by atoms with Gasteiger partial charge >= 0.3 is 0 Å². The lowest BCUT2D eigenvalue weighted by Gasteiger charge is -2.34. The molecule has 3 rings (SSSR count). The highest BCUT2D eigenvalue weighted by molar-refractivity contribution is 9.10. The molecule has 1 fully saturated rings. The van der Waals surface area contributed by atoms with Gasteiger partial charge in [-0.15, -0.1) is 0 Å². The first-order valence-corrected chi connectivity index (χ1v) is 7.64. The summed E-state index contributed by atoms with van der Waals surface area (Å²) in [7, 11) is 0. The third-order valence-corrected chi connectivity index (χ3v) is 4.14. The van der Waals surface area contributed by atoms with Crippen LogP contribution in [0.3, 0.4) is 0 Å². The Hall–Kier alpha value is -1.44. The molecule has 1 aliphatic heterocycles. The van der Waals surface area contributed by atoms with Crippen molar-refractivity contribution >= 4 is 32.9 Å². The molecule has 1 amide bonds. The number of carbonyl (C=O) groups is 1. The largest absolute Gasteiger partial charge is 0.373 e. The van der Waals surface area contributed by atoms with E-state index in [4.69, 9.17) is 10.5 Å². The number of fused-ring (bicyclic) bond motifs is 1. The van der Waals surface area contributed by atoms with E-state index in [0.29, 0.717) is 30.8 Å². The van der Waals surface area contributed by atoms with Crippen LogP contribution >= 0.6 is 15.9 Å². The standard InChI is InChI=1S/C14H17BrN4O2/c1-8(16)12-6-19(2-3-21-12)14(20)10-4-9(15)5-11-13(10)18-7-17-11/h4-5,7-8,12H,2-3,6,16H2,1H3,(H,17,18). The summed E-state index contributed by atoms with van der Waals surface area (Å²) < 4.78 is 6.45. The van der Waals surface area contributed by atoms with Crippen molar-refractivity contribution in [2.24, 2.45) is 5.73 Å². The van der Waals surface area contributed by atoms with E-state index in [1.807, 2.05) is 19.1 Å². The first-order valence-electron chi connectivity index (χ1n) is 6.85. The van der Waals surface area contributed by atoms with Crippen molar-refractivity contribution in [1.29, 1.82) is 0 Å². The second-order valence-corrected chi connectivity index (χ2v) is 6.19. The molecule has 0 spiro atoms. The van der Waals surface area contributed by atoms with E-state index < -0.39 is 0 Å². The van der Waals surface area contributed by atoms with Crippen molar-refractivity contribution in [2.45, 2.75) is 19.1 Å². The lowest BCUT2D eigenvalue weighted by molar-refractivity contribution is -0.0299. The van der Waals surface area contributed by atoms with Crippen molar-refractivity contribution in [2.75, 3.05) is 19.7 Å². The smallest absolute Gasteiger partial charge is 0.256 e. The molecule has 0 radical (unpaired) electrons. The first-order chi connectivity index (χ1) is 10.1. The van der Waals surface area contributed by atoms with Crippen LogP contribution < -0.4 is 5.73 Å². The number of ether oxygens (including phenoxy) is 1. The van der Waals surface area contributed by atoms with Crippen LogP contribution in [0.2, 0.25) is 0 Å². The number of rotatable bonds is 2. The fourth-order valence-electron chi connectivity index (χ4n) is 2.53. The number of amides is 1. The quantitative estimate of drug-likeness (QED) is 0.857. The molecule has 1 aliphatic rings. The number of nitrogens with zero attached hydrogens (tertiary/aromatic N) is 2. The van der Waals surface area contributed by atoms with E-state index in [9.17, 15) is 4.79 Å². The number of morpholine rings is 1. The molecule has 2 aromatic rings. The zero-order chi connectivity index (χ0) is 15.0. The molecule has 0 saturated carbocycles. The summed E-state index contributed by atoms with van der Waals surface area (Å²) in [5.74, 6) is -0.0395. The van der Waals surface area contributed by atoms with Gasteiger partial charge in [0.1, 0.15) is 5.52 Å². The molecule has 112 valence electrons. The molecule has 1 aromatic carbocycles. The summed E-state index contributed by atoms with van der Waals surface area (Å²) >= 11 is 3.43. The van der Waals surface area contributed by atoms with Crippen molar-refractivity contribution in [3.8, 4) is 0 Å². The summed E-state index contributed by atoms with van der Waals surface area (Å²) in [5, 5.41) is 0. The molecule has 0 aliphatic carbocycles.